The predicted octanol–water partition coefficient (Wildman–Crippen LogP) is 2.33. The van der Waals surface area contributed by atoms with Crippen LogP contribution < -0.4 is 18.9 Å². The molecule has 6 heteroatoms. The first-order valence-electron chi connectivity index (χ1n) is 8.93. The molecule has 2 aromatic rings. The van der Waals surface area contributed by atoms with Crippen molar-refractivity contribution in [1.82, 2.24) is 4.90 Å². The van der Waals surface area contributed by atoms with Crippen LogP contribution in [0.4, 0.5) is 0 Å². The lowest BCUT2D eigenvalue weighted by Gasteiger charge is -2.46. The maximum Gasteiger partial charge on any atom is 0.231 e. The van der Waals surface area contributed by atoms with E-state index in [4.69, 9.17) is 18.9 Å². The van der Waals surface area contributed by atoms with Crippen LogP contribution in [-0.2, 0) is 13.0 Å². The summed E-state index contributed by atoms with van der Waals surface area (Å²) in [5.41, 5.74) is 4.65. The number of likely N-dealkylation sites (N-methyl/N-ethyl adjacent to an activating group) is 1. The number of rotatable bonds is 0. The second-order valence-electron chi connectivity index (χ2n) is 7.43. The molecule has 3 aliphatic heterocycles. The van der Waals surface area contributed by atoms with Gasteiger partial charge in [0.15, 0.2) is 23.0 Å². The van der Waals surface area contributed by atoms with Gasteiger partial charge >= 0.3 is 0 Å². The minimum Gasteiger partial charge on any atom is -0.454 e. The highest BCUT2D eigenvalue weighted by molar-refractivity contribution is 5.58. The van der Waals surface area contributed by atoms with E-state index in [9.17, 15) is 5.11 Å². The third kappa shape index (κ3) is 1.83. The zero-order valence-electron chi connectivity index (χ0n) is 14.4. The smallest absolute Gasteiger partial charge is 0.231 e. The summed E-state index contributed by atoms with van der Waals surface area (Å²) in [5, 5.41) is 11.0. The van der Waals surface area contributed by atoms with Gasteiger partial charge in [0.1, 0.15) is 0 Å². The maximum absolute atomic E-state index is 11.0. The fourth-order valence-corrected chi connectivity index (χ4v) is 4.97. The number of hydrogen-bond acceptors (Lipinski definition) is 6. The quantitative estimate of drug-likeness (QED) is 0.784. The summed E-state index contributed by atoms with van der Waals surface area (Å²) in [4.78, 5) is 2.29. The van der Waals surface area contributed by atoms with Crippen molar-refractivity contribution >= 4 is 0 Å². The van der Waals surface area contributed by atoms with Crippen LogP contribution in [0.5, 0.6) is 23.0 Å². The van der Waals surface area contributed by atoms with Crippen LogP contribution in [0.25, 0.3) is 0 Å². The Labute approximate surface area is 150 Å². The number of ether oxygens (including phenoxy) is 4. The Morgan fingerprint density at radius 2 is 1.73 bits per heavy atom. The van der Waals surface area contributed by atoms with Crippen LogP contribution in [0, 0.1) is 0 Å². The number of hydrogen-bond donors (Lipinski definition) is 1. The summed E-state index contributed by atoms with van der Waals surface area (Å²) < 4.78 is 22.4. The van der Waals surface area contributed by atoms with E-state index in [-0.39, 0.29) is 25.5 Å². The Morgan fingerprint density at radius 1 is 0.962 bits per heavy atom. The number of aliphatic hydroxyl groups is 1. The Hall–Kier alpha value is -2.44. The molecule has 134 valence electrons. The lowest BCUT2D eigenvalue weighted by atomic mass is 9.70. The second-order valence-corrected chi connectivity index (χ2v) is 7.43. The van der Waals surface area contributed by atoms with Crippen molar-refractivity contribution in [3.8, 4) is 23.0 Å². The first kappa shape index (κ1) is 14.7. The molecule has 0 aromatic heterocycles. The molecule has 6 nitrogen and oxygen atoms in total. The van der Waals surface area contributed by atoms with Crippen molar-refractivity contribution in [2.45, 2.75) is 31.0 Å². The van der Waals surface area contributed by atoms with Crippen LogP contribution in [0.3, 0.4) is 0 Å². The van der Waals surface area contributed by atoms with Gasteiger partial charge in [-0.2, -0.15) is 0 Å². The van der Waals surface area contributed by atoms with Gasteiger partial charge in [0.2, 0.25) is 13.6 Å². The van der Waals surface area contributed by atoms with Crippen molar-refractivity contribution < 1.29 is 24.1 Å². The molecular formula is C20H19NO5. The summed E-state index contributed by atoms with van der Waals surface area (Å²) in [6.45, 7) is 1.28. The van der Waals surface area contributed by atoms with Gasteiger partial charge < -0.3 is 24.1 Å². The Balaban J connectivity index is 1.53. The molecule has 0 spiro atoms. The van der Waals surface area contributed by atoms with E-state index >= 15 is 0 Å². The standard InChI is InChI=1S/C20H19NO5/c1-21-7-13-11(2-3-15-20(13)26-9-23-15)18-14(22)4-10-5-16-17(25-8-24-16)6-12(10)19(18)21/h2-3,5-6,14,18-19,22H,4,7-9H2,1H3/t14-,18-,19+/m1/s1. The lowest BCUT2D eigenvalue weighted by molar-refractivity contribution is 0.0591. The van der Waals surface area contributed by atoms with Crippen LogP contribution in [0.1, 0.15) is 34.2 Å². The Kier molecular flexibility index (Phi) is 2.86. The summed E-state index contributed by atoms with van der Waals surface area (Å²) >= 11 is 0. The van der Waals surface area contributed by atoms with Gasteiger partial charge in [0.05, 0.1) is 6.10 Å². The minimum atomic E-state index is -0.463. The highest BCUT2D eigenvalue weighted by Gasteiger charge is 2.45. The molecule has 0 fully saturated rings. The first-order valence-corrected chi connectivity index (χ1v) is 8.93. The summed E-state index contributed by atoms with van der Waals surface area (Å²) in [7, 11) is 2.10. The highest BCUT2D eigenvalue weighted by Crippen LogP contribution is 2.54. The monoisotopic (exact) mass is 353 g/mol. The van der Waals surface area contributed by atoms with Crippen LogP contribution in [-0.4, -0.2) is 36.7 Å². The molecule has 1 N–H and O–H groups in total. The van der Waals surface area contributed by atoms with E-state index in [2.05, 4.69) is 24.1 Å². The number of fused-ring (bicyclic) bond motifs is 8. The van der Waals surface area contributed by atoms with Gasteiger partial charge in [0, 0.05) is 24.1 Å². The largest absolute Gasteiger partial charge is 0.454 e. The normalized spacial score (nSPS) is 27.7. The molecule has 26 heavy (non-hydrogen) atoms. The van der Waals surface area contributed by atoms with Crippen molar-refractivity contribution in [2.24, 2.45) is 0 Å². The third-order valence-corrected chi connectivity index (χ3v) is 6.06. The summed E-state index contributed by atoms with van der Waals surface area (Å²) in [6.07, 6.45) is 0.143. The molecule has 0 saturated carbocycles. The van der Waals surface area contributed by atoms with Gasteiger partial charge in [0.25, 0.3) is 0 Å². The van der Waals surface area contributed by atoms with Gasteiger partial charge in [-0.3, -0.25) is 4.90 Å². The van der Waals surface area contributed by atoms with Crippen LogP contribution in [0.15, 0.2) is 24.3 Å². The minimum absolute atomic E-state index is 0.00822. The van der Waals surface area contributed by atoms with Gasteiger partial charge in [-0.05, 0) is 48.4 Å². The first-order chi connectivity index (χ1) is 12.7. The fourth-order valence-electron chi connectivity index (χ4n) is 4.97. The number of nitrogens with zero attached hydrogens (tertiary/aromatic N) is 1. The average molecular weight is 353 g/mol. The van der Waals surface area contributed by atoms with Gasteiger partial charge in [-0.15, -0.1) is 0 Å². The molecule has 0 saturated heterocycles. The molecule has 0 unspecified atom stereocenters. The molecule has 0 radical (unpaired) electrons. The van der Waals surface area contributed by atoms with E-state index in [1.807, 2.05) is 12.1 Å². The maximum atomic E-state index is 11.0. The molecule has 3 atom stereocenters. The topological polar surface area (TPSA) is 60.4 Å². The van der Waals surface area contributed by atoms with Gasteiger partial charge in [-0.1, -0.05) is 6.07 Å². The average Bonchev–Trinajstić information content (AvgIpc) is 3.28. The van der Waals surface area contributed by atoms with Crippen molar-refractivity contribution in [3.63, 3.8) is 0 Å². The molecule has 1 aliphatic carbocycles. The van der Waals surface area contributed by atoms with Crippen molar-refractivity contribution in [3.05, 3.63) is 46.5 Å². The molecule has 2 aromatic carbocycles. The lowest BCUT2D eigenvalue weighted by Crippen LogP contribution is -2.43. The SMILES string of the molecule is CN1Cc2c(ccc3c2OCO3)[C@@H]2[C@H](O)Cc3cc4c(cc3[C@@H]21)OCO4. The van der Waals surface area contributed by atoms with Crippen LogP contribution in [0.2, 0.25) is 0 Å². The van der Waals surface area contributed by atoms with Crippen LogP contribution >= 0.6 is 0 Å². The molecular weight excluding hydrogens is 334 g/mol. The van der Waals surface area contributed by atoms with E-state index in [1.165, 1.54) is 5.56 Å². The second kappa shape index (κ2) is 5.05. The number of aliphatic hydroxyl groups excluding tert-OH is 1. The molecule has 0 bridgehead atoms. The van der Waals surface area contributed by atoms with Crippen molar-refractivity contribution in [2.75, 3.05) is 20.6 Å². The molecule has 6 rings (SSSR count). The Bertz CT molecular complexity index is 925. The third-order valence-electron chi connectivity index (χ3n) is 6.06. The zero-order chi connectivity index (χ0) is 17.4. The van der Waals surface area contributed by atoms with E-state index < -0.39 is 6.10 Å². The van der Waals surface area contributed by atoms with Crippen molar-refractivity contribution in [1.29, 1.82) is 0 Å². The predicted molar refractivity (Wildman–Crippen MR) is 91.8 cm³/mol. The molecule has 3 heterocycles. The summed E-state index contributed by atoms with van der Waals surface area (Å²) in [5.74, 6) is 3.19. The molecule has 0 amide bonds. The molecule has 4 aliphatic rings. The fraction of sp³-hybridized carbons (Fsp3) is 0.400. The van der Waals surface area contributed by atoms with Gasteiger partial charge in [-0.25, -0.2) is 0 Å². The van der Waals surface area contributed by atoms with E-state index in [0.717, 1.165) is 46.2 Å². The number of benzene rings is 2. The van der Waals surface area contributed by atoms with E-state index in [1.54, 1.807) is 0 Å². The summed E-state index contributed by atoms with van der Waals surface area (Å²) in [6, 6.07) is 8.27. The highest BCUT2D eigenvalue weighted by atomic mass is 16.7. The Morgan fingerprint density at radius 3 is 2.62 bits per heavy atom. The zero-order valence-corrected chi connectivity index (χ0v) is 14.4. The van der Waals surface area contributed by atoms with E-state index in [0.29, 0.717) is 6.42 Å².